The van der Waals surface area contributed by atoms with Gasteiger partial charge in [-0.2, -0.15) is 0 Å². The van der Waals surface area contributed by atoms with Crippen LogP contribution in [0.4, 0.5) is 0 Å². The maximum atomic E-state index is 12.3. The fraction of sp³-hybridized carbons (Fsp3) is 0.167. The molecule has 3 nitrogen and oxygen atoms in total. The Balaban J connectivity index is 2.21. The van der Waals surface area contributed by atoms with Crippen LogP contribution in [0, 0.1) is 0 Å². The lowest BCUT2D eigenvalue weighted by Gasteiger charge is -2.13. The van der Waals surface area contributed by atoms with Crippen molar-refractivity contribution in [2.24, 2.45) is 0 Å². The Labute approximate surface area is 143 Å². The van der Waals surface area contributed by atoms with Crippen LogP contribution in [0.5, 0.6) is 0 Å². The predicted molar refractivity (Wildman–Crippen MR) is 89.9 cm³/mol. The minimum atomic E-state index is -3.58. The molecule has 0 aliphatic rings. The first-order valence-electron chi connectivity index (χ1n) is 5.52. The van der Waals surface area contributed by atoms with Crippen LogP contribution in [0.15, 0.2) is 42.8 Å². The topological polar surface area (TPSA) is 46.2 Å². The molecule has 108 valence electrons. The van der Waals surface area contributed by atoms with E-state index in [9.17, 15) is 8.42 Å². The quantitative estimate of drug-likeness (QED) is 0.702. The minimum Gasteiger partial charge on any atom is -0.206 e. The maximum Gasteiger partial charge on any atom is 0.250 e. The van der Waals surface area contributed by atoms with Gasteiger partial charge in [0.05, 0.1) is 8.81 Å². The van der Waals surface area contributed by atoms with E-state index >= 15 is 0 Å². The molecule has 0 aliphatic carbocycles. The number of hydrogen-bond donors (Lipinski definition) is 1. The van der Waals surface area contributed by atoms with Crippen LogP contribution in [0.3, 0.4) is 0 Å². The van der Waals surface area contributed by atoms with Crippen LogP contribution in [-0.4, -0.2) is 8.42 Å². The zero-order valence-corrected chi connectivity index (χ0v) is 15.8. The highest BCUT2D eigenvalue weighted by Crippen LogP contribution is 2.35. The van der Waals surface area contributed by atoms with E-state index in [0.717, 1.165) is 21.4 Å². The lowest BCUT2D eigenvalue weighted by molar-refractivity contribution is 0.569. The molecular weight excluding hydrogens is 450 g/mol. The second-order valence-electron chi connectivity index (χ2n) is 4.08. The van der Waals surface area contributed by atoms with Crippen molar-refractivity contribution < 1.29 is 8.42 Å². The summed E-state index contributed by atoms with van der Waals surface area (Å²) in [7, 11) is -3.58. The lowest BCUT2D eigenvalue weighted by atomic mass is 10.1. The van der Waals surface area contributed by atoms with Crippen molar-refractivity contribution >= 4 is 64.8 Å². The number of halogens is 3. The summed E-state index contributed by atoms with van der Waals surface area (Å²) >= 11 is 13.5. The Morgan fingerprint density at radius 1 is 1.25 bits per heavy atom. The zero-order chi connectivity index (χ0) is 14.9. The molecule has 20 heavy (non-hydrogen) atoms. The highest BCUT2D eigenvalue weighted by atomic mass is 79.9. The van der Waals surface area contributed by atoms with Gasteiger partial charge in [0.25, 0.3) is 10.0 Å². The van der Waals surface area contributed by atoms with Crippen molar-refractivity contribution in [3.8, 4) is 0 Å². The molecule has 2 aromatic rings. The number of hydrogen-bond acceptors (Lipinski definition) is 3. The summed E-state index contributed by atoms with van der Waals surface area (Å²) in [6.07, 6.45) is 0. The van der Waals surface area contributed by atoms with Gasteiger partial charge in [0.15, 0.2) is 0 Å². The summed E-state index contributed by atoms with van der Waals surface area (Å²) < 4.78 is 28.9. The Hall–Kier alpha value is 0.0800. The fourth-order valence-corrected chi connectivity index (χ4v) is 5.48. The highest BCUT2D eigenvalue weighted by molar-refractivity contribution is 9.11. The van der Waals surface area contributed by atoms with Crippen molar-refractivity contribution in [3.05, 3.63) is 49.2 Å². The number of nitrogens with one attached hydrogen (secondary N) is 1. The average Bonchev–Trinajstić information content (AvgIpc) is 2.71. The normalized spacial score (nSPS) is 13.4. The van der Waals surface area contributed by atoms with E-state index in [-0.39, 0.29) is 10.3 Å². The Bertz CT molecular complexity index is 694. The van der Waals surface area contributed by atoms with E-state index in [1.807, 2.05) is 24.3 Å². The van der Waals surface area contributed by atoms with Gasteiger partial charge in [-0.1, -0.05) is 39.7 Å². The molecule has 0 saturated heterocycles. The number of sulfonamides is 1. The standard InChI is InChI=1S/C12H10Br2ClNO2S2/c1-7(8-2-4-9(13)5-3-8)16-20(17,18)11-6-10(15)12(14)19-11/h2-7,16H,1H3. The second kappa shape index (κ2) is 6.46. The van der Waals surface area contributed by atoms with Gasteiger partial charge < -0.3 is 0 Å². The summed E-state index contributed by atoms with van der Waals surface area (Å²) in [5.41, 5.74) is 0.887. The summed E-state index contributed by atoms with van der Waals surface area (Å²) in [5.74, 6) is 0. The molecule has 0 spiro atoms. The lowest BCUT2D eigenvalue weighted by Crippen LogP contribution is -2.26. The second-order valence-corrected chi connectivity index (χ2v) is 9.72. The third-order valence-electron chi connectivity index (χ3n) is 2.59. The van der Waals surface area contributed by atoms with E-state index in [2.05, 4.69) is 36.6 Å². The molecule has 1 atom stereocenters. The summed E-state index contributed by atoms with van der Waals surface area (Å²) in [4.78, 5) is 0. The molecule has 1 aromatic carbocycles. The Kier molecular flexibility index (Phi) is 5.31. The fourth-order valence-electron chi connectivity index (χ4n) is 1.57. The van der Waals surface area contributed by atoms with E-state index in [4.69, 9.17) is 11.6 Å². The third kappa shape index (κ3) is 3.84. The number of benzene rings is 1. The molecule has 2 rings (SSSR count). The molecule has 0 bridgehead atoms. The van der Waals surface area contributed by atoms with E-state index in [1.165, 1.54) is 6.07 Å². The highest BCUT2D eigenvalue weighted by Gasteiger charge is 2.21. The molecule has 1 unspecified atom stereocenters. The average molecular weight is 460 g/mol. The van der Waals surface area contributed by atoms with Crippen LogP contribution in [-0.2, 0) is 10.0 Å². The zero-order valence-electron chi connectivity index (χ0n) is 10.2. The predicted octanol–water partition coefficient (Wildman–Crippen LogP) is 4.97. The molecule has 0 radical (unpaired) electrons. The van der Waals surface area contributed by atoms with Gasteiger partial charge >= 0.3 is 0 Å². The van der Waals surface area contributed by atoms with E-state index < -0.39 is 10.0 Å². The minimum absolute atomic E-state index is 0.193. The summed E-state index contributed by atoms with van der Waals surface area (Å²) in [6, 6.07) is 8.60. The first kappa shape index (κ1) is 16.5. The van der Waals surface area contributed by atoms with Gasteiger partial charge in [0.2, 0.25) is 0 Å². The summed E-state index contributed by atoms with van der Waals surface area (Å²) in [6.45, 7) is 1.80. The van der Waals surface area contributed by atoms with Gasteiger partial charge in [-0.15, -0.1) is 11.3 Å². The van der Waals surface area contributed by atoms with Crippen molar-refractivity contribution in [1.29, 1.82) is 0 Å². The largest absolute Gasteiger partial charge is 0.250 e. The van der Waals surface area contributed by atoms with Crippen LogP contribution >= 0.6 is 54.8 Å². The van der Waals surface area contributed by atoms with E-state index in [0.29, 0.717) is 8.81 Å². The molecule has 0 saturated carbocycles. The maximum absolute atomic E-state index is 12.3. The molecule has 0 aliphatic heterocycles. The van der Waals surface area contributed by atoms with Crippen LogP contribution in [0.25, 0.3) is 0 Å². The number of thiophene rings is 1. The molecule has 1 aromatic heterocycles. The molecule has 0 fully saturated rings. The summed E-state index contributed by atoms with van der Waals surface area (Å²) in [5, 5.41) is 0.395. The van der Waals surface area contributed by atoms with Crippen LogP contribution in [0.1, 0.15) is 18.5 Å². The molecule has 8 heteroatoms. The first-order valence-corrected chi connectivity index (χ1v) is 9.78. The van der Waals surface area contributed by atoms with Crippen molar-refractivity contribution in [2.75, 3.05) is 0 Å². The SMILES string of the molecule is CC(NS(=O)(=O)c1cc(Cl)c(Br)s1)c1ccc(Br)cc1. The molecule has 1 heterocycles. The molecule has 0 amide bonds. The van der Waals surface area contributed by atoms with Gasteiger partial charge in [0.1, 0.15) is 4.21 Å². The number of rotatable bonds is 4. The Morgan fingerprint density at radius 3 is 2.35 bits per heavy atom. The van der Waals surface area contributed by atoms with Crippen LogP contribution in [0.2, 0.25) is 5.02 Å². The molecule has 1 N–H and O–H groups in total. The molecular formula is C12H10Br2ClNO2S2. The first-order chi connectivity index (χ1) is 9.29. The van der Waals surface area contributed by atoms with Gasteiger partial charge in [-0.05, 0) is 46.6 Å². The Morgan fingerprint density at radius 2 is 1.85 bits per heavy atom. The van der Waals surface area contributed by atoms with Crippen LogP contribution < -0.4 is 4.72 Å². The third-order valence-corrected chi connectivity index (χ3v) is 7.61. The smallest absolute Gasteiger partial charge is 0.206 e. The van der Waals surface area contributed by atoms with Gasteiger partial charge in [-0.25, -0.2) is 13.1 Å². The monoisotopic (exact) mass is 457 g/mol. The van der Waals surface area contributed by atoms with Gasteiger partial charge in [0, 0.05) is 10.5 Å². The van der Waals surface area contributed by atoms with Crippen molar-refractivity contribution in [3.63, 3.8) is 0 Å². The van der Waals surface area contributed by atoms with E-state index in [1.54, 1.807) is 6.92 Å². The van der Waals surface area contributed by atoms with Crippen molar-refractivity contribution in [2.45, 2.75) is 17.2 Å². The van der Waals surface area contributed by atoms with Gasteiger partial charge in [-0.3, -0.25) is 0 Å². The van der Waals surface area contributed by atoms with Crippen molar-refractivity contribution in [1.82, 2.24) is 4.72 Å².